The Bertz CT molecular complexity index is 344. The van der Waals surface area contributed by atoms with Gasteiger partial charge in [-0.25, -0.2) is 0 Å². The van der Waals surface area contributed by atoms with Crippen LogP contribution in [0.1, 0.15) is 53.4 Å². The van der Waals surface area contributed by atoms with Gasteiger partial charge in [0, 0.05) is 12.1 Å². The Kier molecular flexibility index (Phi) is 7.72. The summed E-state index contributed by atoms with van der Waals surface area (Å²) in [5.41, 5.74) is 0. The molecule has 1 rings (SSSR count). The lowest BCUT2D eigenvalue weighted by Gasteiger charge is -2.29. The molecule has 0 heterocycles. The molecule has 21 heavy (non-hydrogen) atoms. The Morgan fingerprint density at radius 1 is 1.14 bits per heavy atom. The van der Waals surface area contributed by atoms with Gasteiger partial charge in [-0.1, -0.05) is 19.8 Å². The first kappa shape index (κ1) is 18.0. The first-order valence-electron chi connectivity index (χ1n) is 8.34. The molecule has 0 saturated heterocycles. The van der Waals surface area contributed by atoms with Gasteiger partial charge in [-0.05, 0) is 39.5 Å². The van der Waals surface area contributed by atoms with Gasteiger partial charge in [-0.2, -0.15) is 0 Å². The van der Waals surface area contributed by atoms with Crippen molar-refractivity contribution in [3.8, 4) is 0 Å². The number of carbonyl (C=O) groups excluding carboxylic acids is 2. The van der Waals surface area contributed by atoms with Crippen molar-refractivity contribution in [1.82, 2.24) is 10.6 Å². The van der Waals surface area contributed by atoms with Crippen LogP contribution in [0.3, 0.4) is 0 Å². The number of carbonyl (C=O) groups is 2. The molecule has 0 aliphatic heterocycles. The molecule has 1 aliphatic carbocycles. The number of likely N-dealkylation sites (N-methyl/N-ethyl adjacent to an activating group) is 1. The zero-order valence-electron chi connectivity index (χ0n) is 14.0. The number of hydrogen-bond donors (Lipinski definition) is 3. The molecule has 0 aromatic rings. The lowest BCUT2D eigenvalue weighted by atomic mass is 9.86. The topological polar surface area (TPSA) is 62.6 Å². The fraction of sp³-hybridized carbons (Fsp3) is 0.875. The third-order valence-corrected chi connectivity index (χ3v) is 4.23. The molecule has 0 aromatic heterocycles. The lowest BCUT2D eigenvalue weighted by molar-refractivity contribution is -0.881. The monoisotopic (exact) mass is 298 g/mol. The van der Waals surface area contributed by atoms with Crippen LogP contribution in [0.25, 0.3) is 0 Å². The van der Waals surface area contributed by atoms with E-state index in [4.69, 9.17) is 0 Å². The molecule has 2 amide bonds. The largest absolute Gasteiger partial charge is 0.349 e. The molecular weight excluding hydrogens is 266 g/mol. The minimum Gasteiger partial charge on any atom is -0.349 e. The average Bonchev–Trinajstić information content (AvgIpc) is 2.39. The maximum atomic E-state index is 12.2. The van der Waals surface area contributed by atoms with Crippen molar-refractivity contribution in [2.45, 2.75) is 65.5 Å². The van der Waals surface area contributed by atoms with E-state index in [-0.39, 0.29) is 17.9 Å². The third kappa shape index (κ3) is 6.93. The van der Waals surface area contributed by atoms with E-state index in [1.165, 1.54) is 19.3 Å². The Morgan fingerprint density at radius 2 is 1.76 bits per heavy atom. The quantitative estimate of drug-likeness (QED) is 0.625. The van der Waals surface area contributed by atoms with Gasteiger partial charge < -0.3 is 15.5 Å². The number of amides is 2. The first-order valence-corrected chi connectivity index (χ1v) is 8.34. The predicted octanol–water partition coefficient (Wildman–Crippen LogP) is 0.111. The van der Waals surface area contributed by atoms with E-state index in [0.717, 1.165) is 17.9 Å². The van der Waals surface area contributed by atoms with Crippen LogP contribution in [0.5, 0.6) is 0 Å². The molecule has 5 heteroatoms. The molecule has 1 aliphatic rings. The SMILES string of the molecule is CC[NH+](CC(=O)NC(C)C)CC(=O)N[C@@H]1CCCC[C@@H]1C. The van der Waals surface area contributed by atoms with Crippen molar-refractivity contribution >= 4 is 11.8 Å². The van der Waals surface area contributed by atoms with Crippen molar-refractivity contribution in [2.75, 3.05) is 19.6 Å². The number of hydrogen-bond acceptors (Lipinski definition) is 2. The summed E-state index contributed by atoms with van der Waals surface area (Å²) in [6.07, 6.45) is 4.76. The Balaban J connectivity index is 2.37. The Morgan fingerprint density at radius 3 is 2.33 bits per heavy atom. The van der Waals surface area contributed by atoms with Gasteiger partial charge in [0.25, 0.3) is 11.8 Å². The van der Waals surface area contributed by atoms with E-state index < -0.39 is 0 Å². The highest BCUT2D eigenvalue weighted by molar-refractivity contribution is 5.79. The molecule has 1 fully saturated rings. The second-order valence-corrected chi connectivity index (χ2v) is 6.62. The molecular formula is C16H32N3O2+. The minimum atomic E-state index is 0.0145. The predicted molar refractivity (Wildman–Crippen MR) is 84.1 cm³/mol. The summed E-state index contributed by atoms with van der Waals surface area (Å²) in [7, 11) is 0. The van der Waals surface area contributed by atoms with Crippen molar-refractivity contribution in [1.29, 1.82) is 0 Å². The summed E-state index contributed by atoms with van der Waals surface area (Å²) >= 11 is 0. The highest BCUT2D eigenvalue weighted by atomic mass is 16.2. The molecule has 5 nitrogen and oxygen atoms in total. The zero-order chi connectivity index (χ0) is 15.8. The molecule has 1 saturated carbocycles. The van der Waals surface area contributed by atoms with Crippen LogP contribution in [0.4, 0.5) is 0 Å². The van der Waals surface area contributed by atoms with Crippen LogP contribution in [0.15, 0.2) is 0 Å². The standard InChI is InChI=1S/C16H31N3O2/c1-5-19(10-15(20)17-12(2)3)11-16(21)18-14-9-7-6-8-13(14)4/h12-14H,5-11H2,1-4H3,(H,17,20)(H,18,21)/p+1/t13-,14+/m0/s1. The lowest BCUT2D eigenvalue weighted by Crippen LogP contribution is -3.14. The van der Waals surface area contributed by atoms with Crippen LogP contribution in [-0.2, 0) is 9.59 Å². The molecule has 0 radical (unpaired) electrons. The van der Waals surface area contributed by atoms with E-state index in [9.17, 15) is 9.59 Å². The van der Waals surface area contributed by atoms with Gasteiger partial charge in [-0.3, -0.25) is 9.59 Å². The molecule has 0 bridgehead atoms. The van der Waals surface area contributed by atoms with Crippen LogP contribution in [-0.4, -0.2) is 43.5 Å². The maximum Gasteiger partial charge on any atom is 0.275 e. The smallest absolute Gasteiger partial charge is 0.275 e. The first-order chi connectivity index (χ1) is 9.92. The van der Waals surface area contributed by atoms with E-state index in [2.05, 4.69) is 17.6 Å². The summed E-state index contributed by atoms with van der Waals surface area (Å²) in [6.45, 7) is 9.63. The van der Waals surface area contributed by atoms with Gasteiger partial charge in [0.05, 0.1) is 6.54 Å². The summed E-state index contributed by atoms with van der Waals surface area (Å²) < 4.78 is 0. The van der Waals surface area contributed by atoms with Crippen LogP contribution >= 0.6 is 0 Å². The van der Waals surface area contributed by atoms with Gasteiger partial charge in [0.1, 0.15) is 0 Å². The molecule has 3 atom stereocenters. The average molecular weight is 298 g/mol. The fourth-order valence-corrected chi connectivity index (χ4v) is 2.93. The number of rotatable bonds is 7. The van der Waals surface area contributed by atoms with Crippen LogP contribution < -0.4 is 15.5 Å². The normalized spacial score (nSPS) is 23.7. The summed E-state index contributed by atoms with van der Waals surface area (Å²) in [6, 6.07) is 0.460. The number of nitrogens with one attached hydrogen (secondary N) is 3. The summed E-state index contributed by atoms with van der Waals surface area (Å²) in [5.74, 6) is 0.653. The van der Waals surface area contributed by atoms with Crippen LogP contribution in [0.2, 0.25) is 0 Å². The molecule has 0 aromatic carbocycles. The minimum absolute atomic E-state index is 0.0145. The molecule has 0 spiro atoms. The third-order valence-electron chi connectivity index (χ3n) is 4.23. The van der Waals surface area contributed by atoms with Crippen molar-refractivity contribution in [3.05, 3.63) is 0 Å². The van der Waals surface area contributed by atoms with Crippen LogP contribution in [0, 0.1) is 5.92 Å². The fourth-order valence-electron chi connectivity index (χ4n) is 2.93. The second-order valence-electron chi connectivity index (χ2n) is 6.62. The molecule has 122 valence electrons. The van der Waals surface area contributed by atoms with Gasteiger partial charge in [-0.15, -0.1) is 0 Å². The highest BCUT2D eigenvalue weighted by Gasteiger charge is 2.24. The van der Waals surface area contributed by atoms with Crippen molar-refractivity contribution in [3.63, 3.8) is 0 Å². The second kappa shape index (κ2) is 9.03. The van der Waals surface area contributed by atoms with E-state index in [0.29, 0.717) is 25.0 Å². The number of quaternary nitrogens is 1. The van der Waals surface area contributed by atoms with E-state index in [1.54, 1.807) is 0 Å². The molecule has 3 N–H and O–H groups in total. The Hall–Kier alpha value is -1.10. The maximum absolute atomic E-state index is 12.2. The van der Waals surface area contributed by atoms with Gasteiger partial charge in [0.15, 0.2) is 13.1 Å². The van der Waals surface area contributed by atoms with Crippen molar-refractivity contribution in [2.24, 2.45) is 5.92 Å². The zero-order valence-corrected chi connectivity index (χ0v) is 14.0. The summed E-state index contributed by atoms with van der Waals surface area (Å²) in [5, 5.41) is 6.03. The van der Waals surface area contributed by atoms with Gasteiger partial charge in [0.2, 0.25) is 0 Å². The highest BCUT2D eigenvalue weighted by Crippen LogP contribution is 2.23. The summed E-state index contributed by atoms with van der Waals surface area (Å²) in [4.78, 5) is 25.0. The van der Waals surface area contributed by atoms with Crippen molar-refractivity contribution < 1.29 is 14.5 Å². The Labute approximate surface area is 128 Å². The van der Waals surface area contributed by atoms with Gasteiger partial charge >= 0.3 is 0 Å². The molecule has 1 unspecified atom stereocenters. The van der Waals surface area contributed by atoms with E-state index in [1.807, 2.05) is 20.8 Å². The van der Waals surface area contributed by atoms with E-state index >= 15 is 0 Å².